The van der Waals surface area contributed by atoms with Gasteiger partial charge in [0.25, 0.3) is 0 Å². The zero-order chi connectivity index (χ0) is 18.6. The first kappa shape index (κ1) is 17.4. The van der Waals surface area contributed by atoms with E-state index in [4.69, 9.17) is 4.42 Å². The number of hydrogen-bond donors (Lipinski definition) is 1. The zero-order valence-electron chi connectivity index (χ0n) is 14.9. The van der Waals surface area contributed by atoms with Crippen LogP contribution in [0.1, 0.15) is 28.6 Å². The number of aryl methyl sites for hydroxylation is 1. The van der Waals surface area contributed by atoms with E-state index in [9.17, 15) is 4.79 Å². The van der Waals surface area contributed by atoms with Crippen molar-refractivity contribution in [3.05, 3.63) is 76.5 Å². The van der Waals surface area contributed by atoms with Gasteiger partial charge in [0.15, 0.2) is 0 Å². The molecule has 0 unspecified atom stereocenters. The Hall–Kier alpha value is -2.99. The van der Waals surface area contributed by atoms with Crippen molar-refractivity contribution in [3.8, 4) is 0 Å². The van der Waals surface area contributed by atoms with Gasteiger partial charge >= 0.3 is 0 Å². The van der Waals surface area contributed by atoms with Crippen molar-refractivity contribution in [2.45, 2.75) is 26.2 Å². The molecule has 2 aromatic heterocycles. The second kappa shape index (κ2) is 7.72. The molecule has 0 aliphatic rings. The topological polar surface area (TPSA) is 68.0 Å². The van der Waals surface area contributed by atoms with Gasteiger partial charge in [-0.15, -0.1) is 10.2 Å². The van der Waals surface area contributed by atoms with Gasteiger partial charge in [0.05, 0.1) is 12.7 Å². The van der Waals surface area contributed by atoms with Gasteiger partial charge in [-0.3, -0.25) is 4.79 Å². The van der Waals surface area contributed by atoms with Crippen LogP contribution in [0.25, 0.3) is 11.0 Å². The van der Waals surface area contributed by atoms with Crippen molar-refractivity contribution in [2.24, 2.45) is 0 Å². The molecule has 27 heavy (non-hydrogen) atoms. The summed E-state index contributed by atoms with van der Waals surface area (Å²) in [6.07, 6.45) is 3.56. The molecule has 2 heterocycles. The molecule has 0 aliphatic carbocycles. The molecule has 1 amide bonds. The highest BCUT2D eigenvalue weighted by atomic mass is 32.1. The fourth-order valence-electron chi connectivity index (χ4n) is 2.97. The van der Waals surface area contributed by atoms with Gasteiger partial charge in [-0.2, -0.15) is 0 Å². The lowest BCUT2D eigenvalue weighted by Gasteiger charge is -2.00. The third-order valence-corrected chi connectivity index (χ3v) is 5.23. The fourth-order valence-corrected chi connectivity index (χ4v) is 3.76. The predicted molar refractivity (Wildman–Crippen MR) is 107 cm³/mol. The van der Waals surface area contributed by atoms with Crippen LogP contribution < -0.4 is 5.32 Å². The summed E-state index contributed by atoms with van der Waals surface area (Å²) in [5.41, 5.74) is 4.08. The van der Waals surface area contributed by atoms with E-state index >= 15 is 0 Å². The molecule has 5 nitrogen and oxygen atoms in total. The normalized spacial score (nSPS) is 11.0. The van der Waals surface area contributed by atoms with E-state index in [0.29, 0.717) is 11.6 Å². The van der Waals surface area contributed by atoms with Crippen LogP contribution in [0, 0.1) is 0 Å². The van der Waals surface area contributed by atoms with E-state index in [1.165, 1.54) is 22.5 Å². The Morgan fingerprint density at radius 2 is 1.96 bits per heavy atom. The van der Waals surface area contributed by atoms with Crippen molar-refractivity contribution in [1.82, 2.24) is 10.2 Å². The molecule has 0 fully saturated rings. The van der Waals surface area contributed by atoms with Crippen molar-refractivity contribution < 1.29 is 9.21 Å². The molecule has 0 saturated carbocycles. The van der Waals surface area contributed by atoms with Crippen LogP contribution >= 0.6 is 11.3 Å². The molecule has 4 aromatic rings. The SMILES string of the molecule is CCc1ccc2c(CC(=O)Nc3nnc(Cc4ccccc4)s3)coc2c1. The number of carbonyl (C=O) groups excluding carboxylic acids is 1. The summed E-state index contributed by atoms with van der Waals surface area (Å²) in [6, 6.07) is 16.2. The summed E-state index contributed by atoms with van der Waals surface area (Å²) in [5, 5.41) is 13.5. The van der Waals surface area contributed by atoms with E-state index in [0.717, 1.165) is 28.0 Å². The molecule has 6 heteroatoms. The molecule has 0 atom stereocenters. The number of nitrogens with one attached hydrogen (secondary N) is 1. The maximum Gasteiger partial charge on any atom is 0.230 e. The maximum absolute atomic E-state index is 12.4. The van der Waals surface area contributed by atoms with Crippen LogP contribution in [0.3, 0.4) is 0 Å². The molecule has 1 N–H and O–H groups in total. The molecule has 0 saturated heterocycles. The summed E-state index contributed by atoms with van der Waals surface area (Å²) in [6.45, 7) is 2.10. The highest BCUT2D eigenvalue weighted by Gasteiger charge is 2.13. The van der Waals surface area contributed by atoms with E-state index in [1.807, 2.05) is 42.5 Å². The Labute approximate surface area is 161 Å². The average molecular weight is 377 g/mol. The summed E-state index contributed by atoms with van der Waals surface area (Å²) >= 11 is 1.40. The molecular weight excluding hydrogens is 358 g/mol. The number of carbonyl (C=O) groups is 1. The highest BCUT2D eigenvalue weighted by Crippen LogP contribution is 2.24. The molecule has 0 bridgehead atoms. The molecular formula is C21H19N3O2S. The third-order valence-electron chi connectivity index (χ3n) is 4.39. The van der Waals surface area contributed by atoms with Crippen LogP contribution in [0.2, 0.25) is 0 Å². The maximum atomic E-state index is 12.4. The Bertz CT molecular complexity index is 1070. The first-order valence-corrected chi connectivity index (χ1v) is 9.68. The quantitative estimate of drug-likeness (QED) is 0.532. The summed E-state index contributed by atoms with van der Waals surface area (Å²) in [5.74, 6) is -0.125. The number of benzene rings is 2. The van der Waals surface area contributed by atoms with Crippen LogP contribution in [0.4, 0.5) is 5.13 Å². The van der Waals surface area contributed by atoms with E-state index in [-0.39, 0.29) is 12.3 Å². The van der Waals surface area contributed by atoms with Crippen LogP contribution in [0.15, 0.2) is 59.2 Å². The molecule has 0 spiro atoms. The monoisotopic (exact) mass is 377 g/mol. The first-order chi connectivity index (χ1) is 13.2. The number of hydrogen-bond acceptors (Lipinski definition) is 5. The lowest BCUT2D eigenvalue weighted by Crippen LogP contribution is -2.13. The van der Waals surface area contributed by atoms with Gasteiger partial charge < -0.3 is 9.73 Å². The largest absolute Gasteiger partial charge is 0.464 e. The van der Waals surface area contributed by atoms with Crippen molar-refractivity contribution >= 4 is 33.3 Å². The summed E-state index contributed by atoms with van der Waals surface area (Å²) in [7, 11) is 0. The average Bonchev–Trinajstić information content (AvgIpc) is 3.29. The van der Waals surface area contributed by atoms with Crippen molar-refractivity contribution in [1.29, 1.82) is 0 Å². The molecule has 0 aliphatic heterocycles. The lowest BCUT2D eigenvalue weighted by atomic mass is 10.1. The minimum atomic E-state index is -0.125. The number of amides is 1. The minimum absolute atomic E-state index is 0.125. The van der Waals surface area contributed by atoms with E-state index in [2.05, 4.69) is 28.5 Å². The minimum Gasteiger partial charge on any atom is -0.464 e. The number of furan rings is 1. The van der Waals surface area contributed by atoms with Crippen LogP contribution in [-0.4, -0.2) is 16.1 Å². The Morgan fingerprint density at radius 1 is 1.11 bits per heavy atom. The predicted octanol–water partition coefficient (Wildman–Crippen LogP) is 4.62. The number of rotatable bonds is 6. The molecule has 2 aromatic carbocycles. The number of aromatic nitrogens is 2. The fraction of sp³-hybridized carbons (Fsp3) is 0.190. The van der Waals surface area contributed by atoms with Gasteiger partial charge in [-0.1, -0.05) is 60.7 Å². The summed E-state index contributed by atoms with van der Waals surface area (Å²) in [4.78, 5) is 12.4. The summed E-state index contributed by atoms with van der Waals surface area (Å²) < 4.78 is 5.61. The number of nitrogens with zero attached hydrogens (tertiary/aromatic N) is 2. The van der Waals surface area contributed by atoms with E-state index < -0.39 is 0 Å². The van der Waals surface area contributed by atoms with E-state index in [1.54, 1.807) is 6.26 Å². The van der Waals surface area contributed by atoms with Crippen molar-refractivity contribution in [2.75, 3.05) is 5.32 Å². The van der Waals surface area contributed by atoms with Crippen LogP contribution in [-0.2, 0) is 24.1 Å². The molecule has 0 radical (unpaired) electrons. The van der Waals surface area contributed by atoms with Crippen LogP contribution in [0.5, 0.6) is 0 Å². The number of anilines is 1. The first-order valence-electron chi connectivity index (χ1n) is 8.86. The second-order valence-electron chi connectivity index (χ2n) is 6.33. The Kier molecular flexibility index (Phi) is 4.98. The van der Waals surface area contributed by atoms with Gasteiger partial charge in [-0.05, 0) is 23.6 Å². The second-order valence-corrected chi connectivity index (χ2v) is 7.40. The third kappa shape index (κ3) is 4.06. The lowest BCUT2D eigenvalue weighted by molar-refractivity contribution is -0.115. The van der Waals surface area contributed by atoms with Gasteiger partial charge in [0, 0.05) is 17.4 Å². The Balaban J connectivity index is 1.41. The highest BCUT2D eigenvalue weighted by molar-refractivity contribution is 7.15. The molecule has 4 rings (SSSR count). The Morgan fingerprint density at radius 3 is 2.78 bits per heavy atom. The molecule has 136 valence electrons. The standard InChI is InChI=1S/C21H19N3O2S/c1-2-14-8-9-17-16(13-26-18(17)10-14)12-19(25)22-21-24-23-20(27-21)11-15-6-4-3-5-7-15/h3-10,13H,2,11-12H2,1H3,(H,22,24,25). The smallest absolute Gasteiger partial charge is 0.230 e. The van der Waals surface area contributed by atoms with Gasteiger partial charge in [0.2, 0.25) is 11.0 Å². The van der Waals surface area contributed by atoms with Crippen molar-refractivity contribution in [3.63, 3.8) is 0 Å². The van der Waals surface area contributed by atoms with Gasteiger partial charge in [-0.25, -0.2) is 0 Å². The number of fused-ring (bicyclic) bond motifs is 1. The zero-order valence-corrected chi connectivity index (χ0v) is 15.8. The van der Waals surface area contributed by atoms with Gasteiger partial charge in [0.1, 0.15) is 10.6 Å².